The van der Waals surface area contributed by atoms with E-state index < -0.39 is 0 Å². The van der Waals surface area contributed by atoms with E-state index in [2.05, 4.69) is 15.9 Å². The van der Waals surface area contributed by atoms with E-state index in [0.29, 0.717) is 5.92 Å². The molecule has 1 saturated carbocycles. The summed E-state index contributed by atoms with van der Waals surface area (Å²) in [6, 6.07) is 3.74. The maximum absolute atomic E-state index is 9.79. The molecule has 4 heteroatoms. The number of nitrogens with two attached hydrogens (primary N) is 1. The lowest BCUT2D eigenvalue weighted by atomic mass is 10.1. The van der Waals surface area contributed by atoms with Crippen molar-refractivity contribution in [3.63, 3.8) is 0 Å². The Morgan fingerprint density at radius 1 is 1.54 bits per heavy atom. The number of hydrogen-bond donors (Lipinski definition) is 2. The van der Waals surface area contributed by atoms with Crippen LogP contribution < -0.4 is 5.73 Å². The van der Waals surface area contributed by atoms with E-state index in [-0.39, 0.29) is 12.1 Å². The summed E-state index contributed by atoms with van der Waals surface area (Å²) in [5.41, 5.74) is 5.93. The van der Waals surface area contributed by atoms with Crippen LogP contribution in [0.1, 0.15) is 23.8 Å². The topological polar surface area (TPSA) is 46.2 Å². The van der Waals surface area contributed by atoms with Gasteiger partial charge in [-0.05, 0) is 46.8 Å². The number of halogens is 1. The molecule has 0 aromatic carbocycles. The lowest BCUT2D eigenvalue weighted by molar-refractivity contribution is 0.123. The molecular weight excluding hydrogens is 250 g/mol. The minimum absolute atomic E-state index is 0.205. The largest absolute Gasteiger partial charge is 0.391 e. The summed E-state index contributed by atoms with van der Waals surface area (Å²) in [5.74, 6) is 0.441. The third-order valence-electron chi connectivity index (χ3n) is 2.40. The Morgan fingerprint density at radius 3 is 2.69 bits per heavy atom. The zero-order valence-corrected chi connectivity index (χ0v) is 9.51. The standard InChI is InChI=1S/C9H12BrNOS/c10-7-4-3-6(13-7)8(11)9(12)5-1-2-5/h3-5,8-9,12H,1-2,11H2. The maximum Gasteiger partial charge on any atom is 0.0768 e. The quantitative estimate of drug-likeness (QED) is 0.877. The molecule has 1 fully saturated rings. The highest BCUT2D eigenvalue weighted by Crippen LogP contribution is 2.39. The number of hydrogen-bond acceptors (Lipinski definition) is 3. The van der Waals surface area contributed by atoms with Gasteiger partial charge in [-0.2, -0.15) is 0 Å². The first-order valence-corrected chi connectivity index (χ1v) is 5.98. The summed E-state index contributed by atoms with van der Waals surface area (Å²) < 4.78 is 1.07. The molecule has 1 aromatic rings. The van der Waals surface area contributed by atoms with Crippen LogP contribution >= 0.6 is 27.3 Å². The minimum atomic E-state index is -0.356. The molecule has 0 amide bonds. The van der Waals surface area contributed by atoms with E-state index in [1.807, 2.05) is 12.1 Å². The van der Waals surface area contributed by atoms with Gasteiger partial charge >= 0.3 is 0 Å². The van der Waals surface area contributed by atoms with Crippen molar-refractivity contribution in [3.05, 3.63) is 20.8 Å². The van der Waals surface area contributed by atoms with Gasteiger partial charge in [-0.25, -0.2) is 0 Å². The molecule has 1 heterocycles. The second-order valence-electron chi connectivity index (χ2n) is 3.50. The molecule has 3 N–H and O–H groups in total. The molecule has 72 valence electrons. The Morgan fingerprint density at radius 2 is 2.23 bits per heavy atom. The van der Waals surface area contributed by atoms with Crippen molar-refractivity contribution >= 4 is 27.3 Å². The highest BCUT2D eigenvalue weighted by molar-refractivity contribution is 9.11. The van der Waals surface area contributed by atoms with Gasteiger partial charge in [-0.3, -0.25) is 0 Å². The van der Waals surface area contributed by atoms with Gasteiger partial charge in [0.05, 0.1) is 15.9 Å². The third kappa shape index (κ3) is 2.13. The summed E-state index contributed by atoms with van der Waals surface area (Å²) in [6.45, 7) is 0. The lowest BCUT2D eigenvalue weighted by Crippen LogP contribution is -2.26. The molecule has 2 nitrogen and oxygen atoms in total. The van der Waals surface area contributed by atoms with Crippen LogP contribution in [-0.2, 0) is 0 Å². The SMILES string of the molecule is NC(c1ccc(Br)s1)C(O)C1CC1. The number of aliphatic hydroxyl groups is 1. The molecule has 0 bridgehead atoms. The van der Waals surface area contributed by atoms with Gasteiger partial charge in [0.15, 0.2) is 0 Å². The highest BCUT2D eigenvalue weighted by atomic mass is 79.9. The third-order valence-corrected chi connectivity index (χ3v) is 4.12. The van der Waals surface area contributed by atoms with Gasteiger partial charge in [0.2, 0.25) is 0 Å². The van der Waals surface area contributed by atoms with Crippen molar-refractivity contribution in [2.75, 3.05) is 0 Å². The normalized spacial score (nSPS) is 21.5. The monoisotopic (exact) mass is 261 g/mol. The van der Waals surface area contributed by atoms with Crippen molar-refractivity contribution in [2.45, 2.75) is 25.0 Å². The fourth-order valence-electron chi connectivity index (χ4n) is 1.41. The molecule has 1 aliphatic rings. The molecule has 0 saturated heterocycles. The van der Waals surface area contributed by atoms with Crippen molar-refractivity contribution in [3.8, 4) is 0 Å². The van der Waals surface area contributed by atoms with E-state index in [1.165, 1.54) is 0 Å². The zero-order chi connectivity index (χ0) is 9.42. The van der Waals surface area contributed by atoms with Crippen molar-refractivity contribution in [1.82, 2.24) is 0 Å². The smallest absolute Gasteiger partial charge is 0.0768 e. The Kier molecular flexibility index (Phi) is 2.74. The molecule has 2 atom stereocenters. The van der Waals surface area contributed by atoms with Gasteiger partial charge < -0.3 is 10.8 Å². The lowest BCUT2D eigenvalue weighted by Gasteiger charge is -2.16. The average Bonchev–Trinajstić information content (AvgIpc) is 2.87. The van der Waals surface area contributed by atoms with Crippen LogP contribution in [0.5, 0.6) is 0 Å². The van der Waals surface area contributed by atoms with E-state index in [4.69, 9.17) is 5.73 Å². The zero-order valence-electron chi connectivity index (χ0n) is 7.11. The fourth-order valence-corrected chi connectivity index (χ4v) is 2.87. The predicted octanol–water partition coefficient (Wildman–Crippen LogP) is 2.28. The Balaban J connectivity index is 2.06. The summed E-state index contributed by atoms with van der Waals surface area (Å²) in [4.78, 5) is 1.06. The first-order valence-electron chi connectivity index (χ1n) is 4.37. The van der Waals surface area contributed by atoms with Gasteiger partial charge in [0.1, 0.15) is 0 Å². The Bertz CT molecular complexity index is 298. The molecular formula is C9H12BrNOS. The van der Waals surface area contributed by atoms with Gasteiger partial charge in [0, 0.05) is 4.88 Å². The summed E-state index contributed by atoms with van der Waals surface area (Å²) in [5, 5.41) is 9.79. The van der Waals surface area contributed by atoms with Crippen LogP contribution in [0.25, 0.3) is 0 Å². The van der Waals surface area contributed by atoms with Crippen molar-refractivity contribution in [2.24, 2.45) is 11.7 Å². The number of rotatable bonds is 3. The molecule has 13 heavy (non-hydrogen) atoms. The van der Waals surface area contributed by atoms with Crippen LogP contribution in [-0.4, -0.2) is 11.2 Å². The van der Waals surface area contributed by atoms with Crippen LogP contribution in [0, 0.1) is 5.92 Å². The molecule has 2 rings (SSSR count). The second kappa shape index (κ2) is 3.69. The van der Waals surface area contributed by atoms with E-state index in [1.54, 1.807) is 11.3 Å². The minimum Gasteiger partial charge on any atom is -0.391 e. The van der Waals surface area contributed by atoms with Crippen molar-refractivity contribution in [1.29, 1.82) is 0 Å². The van der Waals surface area contributed by atoms with Gasteiger partial charge in [-0.1, -0.05) is 0 Å². The van der Waals surface area contributed by atoms with Crippen LogP contribution in [0.2, 0.25) is 0 Å². The Labute approximate surface area is 89.9 Å². The summed E-state index contributed by atoms with van der Waals surface area (Å²) in [6.07, 6.45) is 1.90. The predicted molar refractivity (Wildman–Crippen MR) is 57.7 cm³/mol. The van der Waals surface area contributed by atoms with Crippen LogP contribution in [0.15, 0.2) is 15.9 Å². The first-order chi connectivity index (χ1) is 6.18. The van der Waals surface area contributed by atoms with E-state index in [9.17, 15) is 5.11 Å². The molecule has 2 unspecified atom stereocenters. The molecule has 0 spiro atoms. The molecule has 0 aliphatic heterocycles. The van der Waals surface area contributed by atoms with E-state index in [0.717, 1.165) is 21.5 Å². The van der Waals surface area contributed by atoms with E-state index >= 15 is 0 Å². The molecule has 1 aromatic heterocycles. The maximum atomic E-state index is 9.79. The van der Waals surface area contributed by atoms with Gasteiger partial charge in [-0.15, -0.1) is 11.3 Å². The number of aliphatic hydroxyl groups excluding tert-OH is 1. The first kappa shape index (κ1) is 9.65. The van der Waals surface area contributed by atoms with Gasteiger partial charge in [0.25, 0.3) is 0 Å². The number of thiophene rings is 1. The molecule has 0 radical (unpaired) electrons. The van der Waals surface area contributed by atoms with Crippen LogP contribution in [0.4, 0.5) is 0 Å². The highest BCUT2D eigenvalue weighted by Gasteiger charge is 2.34. The summed E-state index contributed by atoms with van der Waals surface area (Å²) >= 11 is 4.98. The van der Waals surface area contributed by atoms with Crippen molar-refractivity contribution < 1.29 is 5.11 Å². The second-order valence-corrected chi connectivity index (χ2v) is 5.99. The average molecular weight is 262 g/mol. The molecule has 1 aliphatic carbocycles. The fraction of sp³-hybridized carbons (Fsp3) is 0.556. The summed E-state index contributed by atoms with van der Waals surface area (Å²) in [7, 11) is 0. The van der Waals surface area contributed by atoms with Crippen LogP contribution in [0.3, 0.4) is 0 Å². The Hall–Kier alpha value is 0.1000.